The topological polar surface area (TPSA) is 91.8 Å². The number of aliphatic hydroxyl groups excluding tert-OH is 1. The summed E-state index contributed by atoms with van der Waals surface area (Å²) in [5.41, 5.74) is 0. The summed E-state index contributed by atoms with van der Waals surface area (Å²) >= 11 is 1.54. The first kappa shape index (κ1) is 14.6. The Morgan fingerprint density at radius 2 is 2.00 bits per heavy atom. The molecule has 18 heavy (non-hydrogen) atoms. The normalized spacial score (nSPS) is 37.8. The fourth-order valence-corrected chi connectivity index (χ4v) is 7.21. The maximum Gasteiger partial charge on any atom is 0.164 e. The molecule has 0 radical (unpaired) electrons. The van der Waals surface area contributed by atoms with Crippen molar-refractivity contribution in [3.63, 3.8) is 0 Å². The van der Waals surface area contributed by atoms with Crippen LogP contribution in [0.25, 0.3) is 0 Å². The first-order valence-corrected chi connectivity index (χ1v) is 10.5. The number of rotatable bonds is 2. The van der Waals surface area contributed by atoms with E-state index in [4.69, 9.17) is 0 Å². The highest BCUT2D eigenvalue weighted by atomic mass is 32.2. The Balaban J connectivity index is 2.25. The fraction of sp³-hybridized carbons (Fsp3) is 1.00. The van der Waals surface area contributed by atoms with Crippen LogP contribution >= 0.6 is 11.8 Å². The van der Waals surface area contributed by atoms with Crippen LogP contribution < -0.4 is 0 Å². The lowest BCUT2D eigenvalue weighted by atomic mass is 10.2. The molecule has 0 saturated carbocycles. The second kappa shape index (κ2) is 4.93. The minimum absolute atomic E-state index is 0.148. The molecule has 0 bridgehead atoms. The van der Waals surface area contributed by atoms with Crippen molar-refractivity contribution in [1.29, 1.82) is 0 Å². The Bertz CT molecular complexity index is 514. The zero-order valence-corrected chi connectivity index (χ0v) is 12.5. The zero-order valence-electron chi connectivity index (χ0n) is 10.0. The number of hydrogen-bond acceptors (Lipinski definition) is 7. The molecule has 3 atom stereocenters. The standard InChI is InChI=1S/C9H17NO5S3/c1-17(12,13)9-4-16-3-2-10(9)7-5-18(14,15)6-8(7)11/h7-9,11H,2-6H2,1H3. The quantitative estimate of drug-likeness (QED) is 0.667. The molecule has 0 amide bonds. The third-order valence-corrected chi connectivity index (χ3v) is 7.70. The molecule has 0 aliphatic carbocycles. The maximum atomic E-state index is 11.7. The molecule has 9 heteroatoms. The molecule has 3 unspecified atom stereocenters. The molecule has 1 N–H and O–H groups in total. The van der Waals surface area contributed by atoms with Gasteiger partial charge in [0.1, 0.15) is 5.37 Å². The van der Waals surface area contributed by atoms with Gasteiger partial charge in [-0.05, 0) is 0 Å². The number of aliphatic hydroxyl groups is 1. The van der Waals surface area contributed by atoms with E-state index >= 15 is 0 Å². The van der Waals surface area contributed by atoms with Crippen LogP contribution in [0.1, 0.15) is 0 Å². The van der Waals surface area contributed by atoms with Gasteiger partial charge in [-0.3, -0.25) is 4.90 Å². The van der Waals surface area contributed by atoms with Gasteiger partial charge in [-0.1, -0.05) is 0 Å². The van der Waals surface area contributed by atoms with Crippen LogP contribution in [0.2, 0.25) is 0 Å². The van der Waals surface area contributed by atoms with Gasteiger partial charge in [0, 0.05) is 24.3 Å². The predicted octanol–water partition coefficient (Wildman–Crippen LogP) is -1.44. The maximum absolute atomic E-state index is 11.7. The molecule has 0 aromatic carbocycles. The molecule has 2 saturated heterocycles. The molecule has 2 rings (SSSR count). The Labute approximate surface area is 112 Å². The second-order valence-electron chi connectivity index (χ2n) is 4.81. The summed E-state index contributed by atoms with van der Waals surface area (Å²) in [6.45, 7) is 0.500. The van der Waals surface area contributed by atoms with E-state index in [0.717, 1.165) is 12.0 Å². The van der Waals surface area contributed by atoms with Crippen LogP contribution in [0.4, 0.5) is 0 Å². The Morgan fingerprint density at radius 3 is 2.50 bits per heavy atom. The van der Waals surface area contributed by atoms with Crippen molar-refractivity contribution >= 4 is 31.4 Å². The van der Waals surface area contributed by atoms with E-state index in [0.29, 0.717) is 12.3 Å². The summed E-state index contributed by atoms with van der Waals surface area (Å²) in [7, 11) is -6.53. The highest BCUT2D eigenvalue weighted by Crippen LogP contribution is 2.27. The summed E-state index contributed by atoms with van der Waals surface area (Å²) in [5, 5.41) is 9.15. The molecular weight excluding hydrogens is 298 g/mol. The van der Waals surface area contributed by atoms with Crippen LogP contribution in [-0.2, 0) is 19.7 Å². The number of sulfone groups is 2. The fourth-order valence-electron chi connectivity index (χ4n) is 2.47. The van der Waals surface area contributed by atoms with E-state index < -0.39 is 37.2 Å². The summed E-state index contributed by atoms with van der Waals surface area (Å²) in [5.74, 6) is 0.778. The molecule has 2 heterocycles. The molecule has 0 aromatic rings. The van der Waals surface area contributed by atoms with Crippen molar-refractivity contribution in [2.24, 2.45) is 0 Å². The first-order chi connectivity index (χ1) is 8.21. The average Bonchev–Trinajstić information content (AvgIpc) is 2.51. The second-order valence-corrected chi connectivity index (χ2v) is 10.3. The van der Waals surface area contributed by atoms with Crippen LogP contribution in [0.3, 0.4) is 0 Å². The first-order valence-electron chi connectivity index (χ1n) is 5.61. The summed E-state index contributed by atoms with van der Waals surface area (Å²) in [6, 6.07) is -0.587. The molecule has 106 valence electrons. The van der Waals surface area contributed by atoms with Gasteiger partial charge in [0.25, 0.3) is 0 Å². The SMILES string of the molecule is CS(=O)(=O)C1CSCCN1C1CS(=O)(=O)CC1O. The van der Waals surface area contributed by atoms with Gasteiger partial charge >= 0.3 is 0 Å². The van der Waals surface area contributed by atoms with Crippen molar-refractivity contribution in [2.75, 3.05) is 35.8 Å². The van der Waals surface area contributed by atoms with E-state index in [2.05, 4.69) is 0 Å². The third kappa shape index (κ3) is 3.01. The Morgan fingerprint density at radius 1 is 1.33 bits per heavy atom. The van der Waals surface area contributed by atoms with E-state index in [1.54, 1.807) is 16.7 Å². The van der Waals surface area contributed by atoms with E-state index in [9.17, 15) is 21.9 Å². The monoisotopic (exact) mass is 315 g/mol. The van der Waals surface area contributed by atoms with Crippen molar-refractivity contribution in [3.8, 4) is 0 Å². The van der Waals surface area contributed by atoms with Crippen molar-refractivity contribution in [3.05, 3.63) is 0 Å². The molecule has 0 spiro atoms. The summed E-state index contributed by atoms with van der Waals surface area (Å²) in [6.07, 6.45) is 0.175. The van der Waals surface area contributed by atoms with Crippen LogP contribution in [0.15, 0.2) is 0 Å². The molecule has 2 fully saturated rings. The molecule has 6 nitrogen and oxygen atoms in total. The third-order valence-electron chi connectivity index (χ3n) is 3.34. The van der Waals surface area contributed by atoms with Gasteiger partial charge in [-0.25, -0.2) is 16.8 Å². The van der Waals surface area contributed by atoms with Crippen molar-refractivity contribution in [2.45, 2.75) is 17.5 Å². The zero-order chi connectivity index (χ0) is 13.6. The van der Waals surface area contributed by atoms with Crippen molar-refractivity contribution < 1.29 is 21.9 Å². The van der Waals surface area contributed by atoms with Gasteiger partial charge < -0.3 is 5.11 Å². The number of hydrogen-bond donors (Lipinski definition) is 1. The van der Waals surface area contributed by atoms with Gasteiger partial charge in [0.2, 0.25) is 0 Å². The minimum atomic E-state index is -3.27. The van der Waals surface area contributed by atoms with Gasteiger partial charge in [-0.15, -0.1) is 0 Å². The number of nitrogens with zero attached hydrogens (tertiary/aromatic N) is 1. The molecular formula is C9H17NO5S3. The lowest BCUT2D eigenvalue weighted by molar-refractivity contribution is 0.0807. The lowest BCUT2D eigenvalue weighted by Gasteiger charge is -2.38. The molecule has 0 aromatic heterocycles. The molecule has 2 aliphatic heterocycles. The lowest BCUT2D eigenvalue weighted by Crippen LogP contribution is -2.55. The van der Waals surface area contributed by atoms with Crippen LogP contribution in [-0.4, -0.2) is 80.2 Å². The van der Waals surface area contributed by atoms with E-state index in [-0.39, 0.29) is 11.5 Å². The smallest absolute Gasteiger partial charge is 0.164 e. The van der Waals surface area contributed by atoms with E-state index in [1.807, 2.05) is 0 Å². The Kier molecular flexibility index (Phi) is 3.99. The van der Waals surface area contributed by atoms with Gasteiger partial charge in [0.05, 0.1) is 23.7 Å². The van der Waals surface area contributed by atoms with Crippen molar-refractivity contribution in [1.82, 2.24) is 4.90 Å². The highest BCUT2D eigenvalue weighted by molar-refractivity contribution is 8.00. The average molecular weight is 315 g/mol. The largest absolute Gasteiger partial charge is 0.390 e. The van der Waals surface area contributed by atoms with E-state index in [1.165, 1.54) is 0 Å². The Hall–Kier alpha value is 0.170. The summed E-state index contributed by atoms with van der Waals surface area (Å²) < 4.78 is 46.5. The van der Waals surface area contributed by atoms with Gasteiger partial charge in [0.15, 0.2) is 19.7 Å². The van der Waals surface area contributed by atoms with Gasteiger partial charge in [-0.2, -0.15) is 11.8 Å². The highest BCUT2D eigenvalue weighted by Gasteiger charge is 2.45. The van der Waals surface area contributed by atoms with Crippen LogP contribution in [0, 0.1) is 0 Å². The minimum Gasteiger partial charge on any atom is -0.390 e. The van der Waals surface area contributed by atoms with Crippen LogP contribution in [0.5, 0.6) is 0 Å². The number of thioether (sulfide) groups is 1. The molecule has 2 aliphatic rings. The predicted molar refractivity (Wildman–Crippen MR) is 71.1 cm³/mol. The summed E-state index contributed by atoms with van der Waals surface area (Å²) in [4.78, 5) is 1.65.